The van der Waals surface area contributed by atoms with Crippen LogP contribution in [0.5, 0.6) is 5.75 Å². The maximum atomic E-state index is 12.6. The summed E-state index contributed by atoms with van der Waals surface area (Å²) in [6.07, 6.45) is 0.200. The molecule has 8 heteroatoms. The number of hydrogen-bond donors (Lipinski definition) is 0. The average molecular weight is 412 g/mol. The second-order valence-corrected chi connectivity index (χ2v) is 7.00. The van der Waals surface area contributed by atoms with Gasteiger partial charge in [0.1, 0.15) is 12.3 Å². The van der Waals surface area contributed by atoms with E-state index in [1.807, 2.05) is 49.6 Å². The van der Waals surface area contributed by atoms with Gasteiger partial charge in [-0.1, -0.05) is 0 Å². The molecule has 0 aliphatic carbocycles. The Balaban J connectivity index is 1.66. The van der Waals surface area contributed by atoms with E-state index in [2.05, 4.69) is 0 Å². The van der Waals surface area contributed by atoms with Gasteiger partial charge in [-0.15, -0.1) is 0 Å². The van der Waals surface area contributed by atoms with E-state index in [4.69, 9.17) is 9.47 Å². The van der Waals surface area contributed by atoms with Crippen molar-refractivity contribution in [3.8, 4) is 11.4 Å². The maximum Gasteiger partial charge on any atom is 0.326 e. The number of esters is 1. The second kappa shape index (κ2) is 8.94. The number of amides is 2. The summed E-state index contributed by atoms with van der Waals surface area (Å²) in [5, 5.41) is 0. The van der Waals surface area contributed by atoms with E-state index in [1.54, 1.807) is 6.07 Å². The van der Waals surface area contributed by atoms with Crippen LogP contribution in [-0.4, -0.2) is 52.8 Å². The largest absolute Gasteiger partial charge is 0.494 e. The van der Waals surface area contributed by atoms with Gasteiger partial charge < -0.3 is 14.0 Å². The predicted octanol–water partition coefficient (Wildman–Crippen LogP) is 2.37. The summed E-state index contributed by atoms with van der Waals surface area (Å²) in [5.41, 5.74) is 2.92. The first-order chi connectivity index (χ1) is 14.3. The van der Waals surface area contributed by atoms with Gasteiger partial charge in [0.15, 0.2) is 6.61 Å². The van der Waals surface area contributed by atoms with Crippen LogP contribution in [0.15, 0.2) is 30.3 Å². The highest BCUT2D eigenvalue weighted by molar-refractivity contribution is 6.04. The molecule has 158 valence electrons. The molecule has 1 aromatic carbocycles. The van der Waals surface area contributed by atoms with E-state index >= 15 is 0 Å². The smallest absolute Gasteiger partial charge is 0.326 e. The first-order valence-corrected chi connectivity index (χ1v) is 9.76. The molecule has 1 fully saturated rings. The predicted molar refractivity (Wildman–Crippen MR) is 108 cm³/mol. The summed E-state index contributed by atoms with van der Waals surface area (Å²) in [6.45, 7) is 5.29. The Hall–Kier alpha value is -3.42. The molecule has 3 rings (SSSR count). The summed E-state index contributed by atoms with van der Waals surface area (Å²) in [5.74, 6) is -1.17. The van der Waals surface area contributed by atoms with Crippen molar-refractivity contribution in [2.24, 2.45) is 0 Å². The number of rotatable bonds is 8. The normalized spacial score (nSPS) is 13.6. The van der Waals surface area contributed by atoms with E-state index in [1.165, 1.54) is 0 Å². The Kier molecular flexibility index (Phi) is 6.34. The molecule has 2 aromatic rings. The average Bonchev–Trinajstić information content (AvgIpc) is 3.20. The number of Topliss-reactive ketones (excluding diaryl/α,β-unsaturated/α-hetero) is 1. The molecule has 1 saturated heterocycles. The number of ketones is 1. The number of benzene rings is 1. The number of likely N-dealkylation sites (tertiary alicyclic amines) is 1. The van der Waals surface area contributed by atoms with Gasteiger partial charge >= 0.3 is 5.97 Å². The molecule has 2 heterocycles. The van der Waals surface area contributed by atoms with Crippen molar-refractivity contribution in [1.82, 2.24) is 9.47 Å². The lowest BCUT2D eigenvalue weighted by molar-refractivity contribution is -0.151. The third-order valence-corrected chi connectivity index (χ3v) is 4.94. The molecule has 1 aliphatic rings. The molecule has 0 atom stereocenters. The molecule has 0 spiro atoms. The number of carbonyl (C=O) groups excluding carboxylic acids is 4. The lowest BCUT2D eigenvalue weighted by Crippen LogP contribution is -2.35. The minimum absolute atomic E-state index is 0.0998. The fraction of sp³-hybridized carbons (Fsp3) is 0.364. The van der Waals surface area contributed by atoms with Crippen LogP contribution < -0.4 is 4.74 Å². The first-order valence-electron chi connectivity index (χ1n) is 9.76. The summed E-state index contributed by atoms with van der Waals surface area (Å²) in [6, 6.07) is 9.28. The van der Waals surface area contributed by atoms with Crippen LogP contribution in [0.2, 0.25) is 0 Å². The number of hydrogen-bond acceptors (Lipinski definition) is 6. The van der Waals surface area contributed by atoms with Crippen LogP contribution in [0.25, 0.3) is 5.69 Å². The van der Waals surface area contributed by atoms with Crippen molar-refractivity contribution < 1.29 is 28.7 Å². The highest BCUT2D eigenvalue weighted by atomic mass is 16.5. The van der Waals surface area contributed by atoms with Crippen molar-refractivity contribution in [3.05, 3.63) is 47.3 Å². The Morgan fingerprint density at radius 2 is 1.67 bits per heavy atom. The molecule has 1 aliphatic heterocycles. The molecule has 8 nitrogen and oxygen atoms in total. The van der Waals surface area contributed by atoms with E-state index in [0.29, 0.717) is 12.2 Å². The van der Waals surface area contributed by atoms with Gasteiger partial charge in [0.05, 0.1) is 6.61 Å². The van der Waals surface area contributed by atoms with Gasteiger partial charge in [-0.2, -0.15) is 0 Å². The number of ether oxygens (including phenoxy) is 2. The van der Waals surface area contributed by atoms with Gasteiger partial charge in [0.2, 0.25) is 17.6 Å². The van der Waals surface area contributed by atoms with Gasteiger partial charge in [-0.25, -0.2) is 0 Å². The van der Waals surface area contributed by atoms with Crippen molar-refractivity contribution in [3.63, 3.8) is 0 Å². The van der Waals surface area contributed by atoms with Gasteiger partial charge in [0.25, 0.3) is 0 Å². The lowest BCUT2D eigenvalue weighted by atomic mass is 10.1. The Bertz CT molecular complexity index is 974. The van der Waals surface area contributed by atoms with Crippen LogP contribution in [0.1, 0.15) is 41.5 Å². The lowest BCUT2D eigenvalue weighted by Gasteiger charge is -2.13. The van der Waals surface area contributed by atoms with Crippen LogP contribution in [-0.2, 0) is 19.1 Å². The molecule has 0 unspecified atom stereocenters. The first kappa shape index (κ1) is 21.3. The van der Waals surface area contributed by atoms with Crippen molar-refractivity contribution in [2.45, 2.75) is 33.6 Å². The van der Waals surface area contributed by atoms with Gasteiger partial charge in [-0.05, 0) is 51.1 Å². The van der Waals surface area contributed by atoms with Crippen molar-refractivity contribution in [2.75, 3.05) is 19.8 Å². The molecular weight excluding hydrogens is 388 g/mol. The minimum Gasteiger partial charge on any atom is -0.494 e. The van der Waals surface area contributed by atoms with E-state index < -0.39 is 30.9 Å². The fourth-order valence-electron chi connectivity index (χ4n) is 3.50. The Morgan fingerprint density at radius 3 is 2.27 bits per heavy atom. The zero-order chi connectivity index (χ0) is 21.8. The molecule has 2 amide bonds. The third kappa shape index (κ3) is 4.42. The summed E-state index contributed by atoms with van der Waals surface area (Å²) in [4.78, 5) is 48.6. The monoisotopic (exact) mass is 412 g/mol. The fourth-order valence-corrected chi connectivity index (χ4v) is 3.50. The molecule has 0 saturated carbocycles. The summed E-state index contributed by atoms with van der Waals surface area (Å²) >= 11 is 0. The highest BCUT2D eigenvalue weighted by Crippen LogP contribution is 2.23. The third-order valence-electron chi connectivity index (χ3n) is 4.94. The van der Waals surface area contributed by atoms with Crippen LogP contribution >= 0.6 is 0 Å². The summed E-state index contributed by atoms with van der Waals surface area (Å²) in [7, 11) is 0. The number of aryl methyl sites for hydroxylation is 1. The molecular formula is C22H24N2O6. The number of aromatic nitrogens is 1. The molecule has 30 heavy (non-hydrogen) atoms. The zero-order valence-corrected chi connectivity index (χ0v) is 17.3. The van der Waals surface area contributed by atoms with E-state index in [-0.39, 0.29) is 18.6 Å². The molecule has 1 aromatic heterocycles. The van der Waals surface area contributed by atoms with E-state index in [9.17, 15) is 19.2 Å². The van der Waals surface area contributed by atoms with Gasteiger partial charge in [-0.3, -0.25) is 24.1 Å². The van der Waals surface area contributed by atoms with Crippen molar-refractivity contribution >= 4 is 23.6 Å². The number of imide groups is 1. The van der Waals surface area contributed by atoms with Crippen molar-refractivity contribution in [1.29, 1.82) is 0 Å². The highest BCUT2D eigenvalue weighted by Gasteiger charge is 2.31. The second-order valence-electron chi connectivity index (χ2n) is 7.00. The number of carbonyl (C=O) groups is 4. The topological polar surface area (TPSA) is 94.9 Å². The molecule has 0 bridgehead atoms. The molecule has 0 N–H and O–H groups in total. The maximum absolute atomic E-state index is 12.6. The van der Waals surface area contributed by atoms with Crippen LogP contribution in [0.4, 0.5) is 0 Å². The minimum atomic E-state index is -0.785. The standard InChI is InChI=1S/C22H24N2O6/c1-4-29-17-7-5-16(6-8-17)24-14(2)11-18(15(24)3)19(25)13-30-22(28)12-23-20(26)9-10-21(23)27/h5-8,11H,4,9-10,12-13H2,1-3H3. The number of nitrogens with zero attached hydrogens (tertiary/aromatic N) is 2. The van der Waals surface area contributed by atoms with E-state index in [0.717, 1.165) is 27.7 Å². The van der Waals surface area contributed by atoms with Crippen LogP contribution in [0.3, 0.4) is 0 Å². The zero-order valence-electron chi connectivity index (χ0n) is 17.3. The quantitative estimate of drug-likeness (QED) is 0.375. The Morgan fingerprint density at radius 1 is 1.03 bits per heavy atom. The Labute approximate surface area is 174 Å². The summed E-state index contributed by atoms with van der Waals surface area (Å²) < 4.78 is 12.4. The van der Waals surface area contributed by atoms with Crippen LogP contribution in [0, 0.1) is 13.8 Å². The molecule has 0 radical (unpaired) electrons. The SMILES string of the molecule is CCOc1ccc(-n2c(C)cc(C(=O)COC(=O)CN3C(=O)CCC3=O)c2C)cc1. The van der Waals surface area contributed by atoms with Gasteiger partial charge in [0, 0.05) is 35.5 Å².